The quantitative estimate of drug-likeness (QED) is 0.0894. The van der Waals surface area contributed by atoms with Crippen molar-refractivity contribution in [1.29, 1.82) is 5.41 Å². The number of para-hydroxylation sites is 1. The number of esters is 1. The molecule has 214 valence electrons. The van der Waals surface area contributed by atoms with Crippen LogP contribution in [-0.2, 0) is 20.7 Å². The van der Waals surface area contributed by atoms with E-state index in [-0.39, 0.29) is 48.3 Å². The first-order valence-corrected chi connectivity index (χ1v) is 12.7. The van der Waals surface area contributed by atoms with Gasteiger partial charge in [-0.2, -0.15) is 0 Å². The Labute approximate surface area is 230 Å². The molecule has 0 spiro atoms. The SMILES string of the molecule is CCCOCCN(C(=O)c1cccc2c1OCCCc1cc(NC(=N)N)ccc1C(=O)O2)[C@@H](CC(=O)O)C(=O)O. The lowest BCUT2D eigenvalue weighted by Gasteiger charge is -2.29. The highest BCUT2D eigenvalue weighted by Crippen LogP contribution is 2.35. The highest BCUT2D eigenvalue weighted by molar-refractivity contribution is 6.01. The third-order valence-electron chi connectivity index (χ3n) is 5.97. The predicted molar refractivity (Wildman–Crippen MR) is 143 cm³/mol. The molecule has 1 heterocycles. The third-order valence-corrected chi connectivity index (χ3v) is 5.97. The Kier molecular flexibility index (Phi) is 10.4. The first-order valence-electron chi connectivity index (χ1n) is 12.7. The van der Waals surface area contributed by atoms with Crippen molar-refractivity contribution in [2.75, 3.05) is 31.7 Å². The van der Waals surface area contributed by atoms with E-state index in [1.807, 2.05) is 6.92 Å². The van der Waals surface area contributed by atoms with Crippen LogP contribution in [0.15, 0.2) is 36.4 Å². The molecule has 1 amide bonds. The number of carbonyl (C=O) groups is 4. The van der Waals surface area contributed by atoms with Gasteiger partial charge in [-0.25, -0.2) is 9.59 Å². The normalized spacial score (nSPS) is 13.5. The molecule has 2 aromatic carbocycles. The van der Waals surface area contributed by atoms with Crippen LogP contribution in [0.1, 0.15) is 52.5 Å². The molecule has 0 bridgehead atoms. The number of nitrogens with zero attached hydrogens (tertiary/aromatic N) is 1. The van der Waals surface area contributed by atoms with Gasteiger partial charge in [0.05, 0.1) is 30.8 Å². The highest BCUT2D eigenvalue weighted by Gasteiger charge is 2.34. The van der Waals surface area contributed by atoms with E-state index in [0.717, 1.165) is 4.90 Å². The largest absolute Gasteiger partial charge is 0.489 e. The van der Waals surface area contributed by atoms with Crippen LogP contribution in [-0.4, -0.2) is 77.3 Å². The molecule has 1 aliphatic heterocycles. The molecule has 13 heteroatoms. The number of ether oxygens (including phenoxy) is 3. The molecule has 0 unspecified atom stereocenters. The summed E-state index contributed by atoms with van der Waals surface area (Å²) in [5, 5.41) is 29.1. The van der Waals surface area contributed by atoms with Crippen LogP contribution in [0.4, 0.5) is 5.69 Å². The summed E-state index contributed by atoms with van der Waals surface area (Å²) in [4.78, 5) is 51.2. The Morgan fingerprint density at radius 2 is 1.98 bits per heavy atom. The van der Waals surface area contributed by atoms with Gasteiger partial charge in [0.25, 0.3) is 5.91 Å². The second kappa shape index (κ2) is 13.9. The Balaban J connectivity index is 1.98. The average molecular weight is 557 g/mol. The van der Waals surface area contributed by atoms with Gasteiger partial charge in [-0.3, -0.25) is 15.0 Å². The molecule has 0 radical (unpaired) electrons. The van der Waals surface area contributed by atoms with Crippen molar-refractivity contribution in [3.63, 3.8) is 0 Å². The molecule has 0 aromatic heterocycles. The molecule has 0 saturated carbocycles. The summed E-state index contributed by atoms with van der Waals surface area (Å²) >= 11 is 0. The van der Waals surface area contributed by atoms with Crippen LogP contribution >= 0.6 is 0 Å². The third kappa shape index (κ3) is 7.69. The standard InChI is InChI=1S/C27H32N4O9/c1-2-11-38-13-10-31(20(25(35)36)15-22(32)33)24(34)19-6-3-7-21-23(19)39-12-4-5-16-14-17(30-27(28)29)8-9-18(16)26(37)40-21/h3,6-9,14,20H,2,4-5,10-13,15H2,1H3,(H,32,33)(H,35,36)(H4,28,29,30)/t20-/m0/s1. The van der Waals surface area contributed by atoms with Gasteiger partial charge in [0.15, 0.2) is 17.5 Å². The van der Waals surface area contributed by atoms with Gasteiger partial charge >= 0.3 is 17.9 Å². The van der Waals surface area contributed by atoms with Crippen molar-refractivity contribution in [2.45, 2.75) is 38.6 Å². The Hall–Kier alpha value is -4.65. The molecule has 0 saturated heterocycles. The maximum absolute atomic E-state index is 13.7. The maximum atomic E-state index is 13.7. The minimum absolute atomic E-state index is 0.00883. The number of fused-ring (bicyclic) bond motifs is 2. The number of carboxylic acid groups (broad SMARTS) is 2. The molecule has 2 aromatic rings. The van der Waals surface area contributed by atoms with Crippen molar-refractivity contribution in [3.05, 3.63) is 53.1 Å². The van der Waals surface area contributed by atoms with Crippen LogP contribution in [0.2, 0.25) is 0 Å². The highest BCUT2D eigenvalue weighted by atomic mass is 16.6. The van der Waals surface area contributed by atoms with Crippen LogP contribution in [0, 0.1) is 5.41 Å². The van der Waals surface area contributed by atoms with Gasteiger partial charge in [-0.15, -0.1) is 0 Å². The lowest BCUT2D eigenvalue weighted by molar-refractivity contribution is -0.149. The van der Waals surface area contributed by atoms with E-state index in [1.54, 1.807) is 18.2 Å². The van der Waals surface area contributed by atoms with Gasteiger partial charge in [0.2, 0.25) is 0 Å². The molecule has 6 N–H and O–H groups in total. The Morgan fingerprint density at radius 1 is 1.20 bits per heavy atom. The van der Waals surface area contributed by atoms with Crippen LogP contribution in [0.25, 0.3) is 0 Å². The Morgan fingerprint density at radius 3 is 2.65 bits per heavy atom. The molecule has 0 fully saturated rings. The molecular formula is C27H32N4O9. The predicted octanol–water partition coefficient (Wildman–Crippen LogP) is 2.33. The fourth-order valence-corrected chi connectivity index (χ4v) is 4.20. The van der Waals surface area contributed by atoms with E-state index in [0.29, 0.717) is 37.1 Å². The van der Waals surface area contributed by atoms with E-state index in [4.69, 9.17) is 25.4 Å². The molecule has 0 aliphatic carbocycles. The second-order valence-electron chi connectivity index (χ2n) is 8.95. The molecular weight excluding hydrogens is 524 g/mol. The van der Waals surface area contributed by atoms with E-state index in [1.165, 1.54) is 18.2 Å². The van der Waals surface area contributed by atoms with Gasteiger partial charge in [-0.1, -0.05) is 13.0 Å². The number of nitrogens with two attached hydrogens (primary N) is 1. The molecule has 40 heavy (non-hydrogen) atoms. The summed E-state index contributed by atoms with van der Waals surface area (Å²) in [6, 6.07) is 7.43. The lowest BCUT2D eigenvalue weighted by atomic mass is 10.0. The first kappa shape index (κ1) is 29.9. The summed E-state index contributed by atoms with van der Waals surface area (Å²) < 4.78 is 17.0. The zero-order chi connectivity index (χ0) is 29.2. The summed E-state index contributed by atoms with van der Waals surface area (Å²) in [7, 11) is 0. The average Bonchev–Trinajstić information content (AvgIpc) is 2.89. The van der Waals surface area contributed by atoms with Gasteiger partial charge in [-0.05, 0) is 55.2 Å². The van der Waals surface area contributed by atoms with E-state index >= 15 is 0 Å². The van der Waals surface area contributed by atoms with Crippen molar-refractivity contribution in [3.8, 4) is 11.5 Å². The molecule has 1 atom stereocenters. The van der Waals surface area contributed by atoms with Crippen molar-refractivity contribution < 1.29 is 43.6 Å². The summed E-state index contributed by atoms with van der Waals surface area (Å²) in [5.74, 6) is -4.75. The zero-order valence-electron chi connectivity index (χ0n) is 22.0. The van der Waals surface area contributed by atoms with Crippen LogP contribution in [0.3, 0.4) is 0 Å². The van der Waals surface area contributed by atoms with Crippen LogP contribution in [0.5, 0.6) is 11.5 Å². The summed E-state index contributed by atoms with van der Waals surface area (Å²) in [6.07, 6.45) is 0.729. The Bertz CT molecular complexity index is 1280. The number of anilines is 1. The number of hydrogen-bond donors (Lipinski definition) is 5. The number of nitrogens with one attached hydrogen (secondary N) is 2. The lowest BCUT2D eigenvalue weighted by Crippen LogP contribution is -2.48. The molecule has 13 nitrogen and oxygen atoms in total. The minimum atomic E-state index is -1.67. The van der Waals surface area contributed by atoms with Gasteiger partial charge in [0, 0.05) is 18.8 Å². The number of aliphatic carboxylic acids is 2. The molecule has 3 rings (SSSR count). The van der Waals surface area contributed by atoms with Crippen molar-refractivity contribution >= 4 is 35.5 Å². The van der Waals surface area contributed by atoms with Gasteiger partial charge < -0.3 is 40.4 Å². The minimum Gasteiger partial charge on any atom is -0.489 e. The van der Waals surface area contributed by atoms with Gasteiger partial charge in [0.1, 0.15) is 6.04 Å². The maximum Gasteiger partial charge on any atom is 0.343 e. The topological polar surface area (TPSA) is 202 Å². The smallest absolute Gasteiger partial charge is 0.343 e. The second-order valence-corrected chi connectivity index (χ2v) is 8.95. The van der Waals surface area contributed by atoms with E-state index in [2.05, 4.69) is 5.32 Å². The van der Waals surface area contributed by atoms with E-state index in [9.17, 15) is 29.4 Å². The molecule has 1 aliphatic rings. The zero-order valence-corrected chi connectivity index (χ0v) is 22.0. The summed E-state index contributed by atoms with van der Waals surface area (Å²) in [6.45, 7) is 2.20. The fraction of sp³-hybridized carbons (Fsp3) is 0.370. The van der Waals surface area contributed by atoms with E-state index < -0.39 is 36.3 Å². The number of benzene rings is 2. The number of carboxylic acids is 2. The number of amides is 1. The van der Waals surface area contributed by atoms with Crippen LogP contribution < -0.4 is 20.5 Å². The number of hydrogen-bond acceptors (Lipinski definition) is 8. The van der Waals surface area contributed by atoms with Crippen molar-refractivity contribution in [1.82, 2.24) is 4.90 Å². The summed E-state index contributed by atoms with van der Waals surface area (Å²) in [5.41, 5.74) is 6.77. The number of guanidine groups is 1. The first-order chi connectivity index (χ1) is 19.1. The number of rotatable bonds is 11. The fourth-order valence-electron chi connectivity index (χ4n) is 4.20. The number of carbonyl (C=O) groups excluding carboxylic acids is 2. The number of aryl methyl sites for hydroxylation is 1. The monoisotopic (exact) mass is 556 g/mol. The van der Waals surface area contributed by atoms with Crippen molar-refractivity contribution in [2.24, 2.45) is 5.73 Å².